The van der Waals surface area contributed by atoms with E-state index in [1.807, 2.05) is 0 Å². The molecular weight excluding hydrogens is 280 g/mol. The van der Waals surface area contributed by atoms with Gasteiger partial charge in [-0.25, -0.2) is 4.79 Å². The normalized spacial score (nSPS) is 15.2. The summed E-state index contributed by atoms with van der Waals surface area (Å²) in [5.74, 6) is -2.17. The van der Waals surface area contributed by atoms with E-state index < -0.39 is 18.2 Å². The molecule has 2 unspecified atom stereocenters. The summed E-state index contributed by atoms with van der Waals surface area (Å²) in [6, 6.07) is 0. The monoisotopic (exact) mass is 306 g/mol. The molecule has 0 saturated carbocycles. The average Bonchev–Trinajstić information content (AvgIpc) is 2.47. The molecule has 0 spiro atoms. The molecule has 21 heavy (non-hydrogen) atoms. The van der Waals surface area contributed by atoms with E-state index in [0.717, 1.165) is 6.08 Å². The van der Waals surface area contributed by atoms with Crippen molar-refractivity contribution in [2.45, 2.75) is 32.5 Å². The number of hydrogen-bond acceptors (Lipinski definition) is 7. The van der Waals surface area contributed by atoms with Crippen LogP contribution in [0.2, 0.25) is 0 Å². The maximum absolute atomic E-state index is 11.5. The molecular formula is C14H26O7. The Morgan fingerprint density at radius 3 is 2.33 bits per heavy atom. The van der Waals surface area contributed by atoms with Crippen LogP contribution in [0.4, 0.5) is 0 Å². The Balaban J connectivity index is 4.65. The van der Waals surface area contributed by atoms with Crippen molar-refractivity contribution >= 4 is 5.97 Å². The van der Waals surface area contributed by atoms with Crippen molar-refractivity contribution in [2.75, 3.05) is 40.6 Å². The first-order valence-electron chi connectivity index (χ1n) is 6.80. The van der Waals surface area contributed by atoms with E-state index >= 15 is 0 Å². The molecule has 0 saturated heterocycles. The van der Waals surface area contributed by atoms with E-state index in [4.69, 9.17) is 28.4 Å². The summed E-state index contributed by atoms with van der Waals surface area (Å²) < 4.78 is 31.5. The third kappa shape index (κ3) is 8.79. The van der Waals surface area contributed by atoms with Crippen LogP contribution in [0.25, 0.3) is 0 Å². The van der Waals surface area contributed by atoms with E-state index in [1.165, 1.54) is 0 Å². The molecule has 0 aliphatic rings. The molecule has 0 aromatic heterocycles. The molecule has 0 amide bonds. The highest BCUT2D eigenvalue weighted by Gasteiger charge is 2.37. The van der Waals surface area contributed by atoms with Crippen LogP contribution in [0.3, 0.4) is 0 Å². The van der Waals surface area contributed by atoms with Gasteiger partial charge in [0.15, 0.2) is 6.29 Å². The molecule has 0 heterocycles. The first kappa shape index (κ1) is 20.0. The predicted octanol–water partition coefficient (Wildman–Crippen LogP) is 1.47. The fourth-order valence-corrected chi connectivity index (χ4v) is 1.40. The topological polar surface area (TPSA) is 72.5 Å². The number of carbonyl (C=O) groups is 1. The number of ether oxygens (including phenoxy) is 6. The van der Waals surface area contributed by atoms with Crippen LogP contribution in [0.1, 0.15) is 20.3 Å². The number of rotatable bonds is 13. The second-order valence-electron chi connectivity index (χ2n) is 4.05. The number of carbonyl (C=O) groups excluding carboxylic acids is 1. The largest absolute Gasteiger partial charge is 0.404 e. The Kier molecular flexibility index (Phi) is 11.1. The van der Waals surface area contributed by atoms with Gasteiger partial charge in [-0.3, -0.25) is 4.74 Å². The van der Waals surface area contributed by atoms with Gasteiger partial charge in [0.1, 0.15) is 0 Å². The van der Waals surface area contributed by atoms with Crippen LogP contribution in [-0.2, 0) is 33.2 Å². The lowest BCUT2D eigenvalue weighted by atomic mass is 10.4. The smallest absolute Gasteiger partial charge is 0.334 e. The molecule has 0 rings (SSSR count). The summed E-state index contributed by atoms with van der Waals surface area (Å²) in [4.78, 5) is 11.5. The zero-order valence-corrected chi connectivity index (χ0v) is 13.3. The first-order valence-corrected chi connectivity index (χ1v) is 6.80. The van der Waals surface area contributed by atoms with Gasteiger partial charge in [0, 0.05) is 26.7 Å². The Labute approximate surface area is 126 Å². The lowest BCUT2D eigenvalue weighted by molar-refractivity contribution is -0.401. The van der Waals surface area contributed by atoms with Crippen LogP contribution in [-0.4, -0.2) is 58.9 Å². The second kappa shape index (κ2) is 11.6. The molecule has 0 radical (unpaired) electrons. The maximum atomic E-state index is 11.5. The van der Waals surface area contributed by atoms with Gasteiger partial charge in [-0.05, 0) is 6.92 Å². The van der Waals surface area contributed by atoms with Gasteiger partial charge in [-0.1, -0.05) is 13.5 Å². The van der Waals surface area contributed by atoms with Gasteiger partial charge < -0.3 is 23.7 Å². The van der Waals surface area contributed by atoms with E-state index in [2.05, 4.69) is 6.58 Å². The van der Waals surface area contributed by atoms with Crippen LogP contribution in [0, 0.1) is 0 Å². The minimum atomic E-state index is -1.53. The highest BCUT2D eigenvalue weighted by atomic mass is 16.9. The molecule has 124 valence electrons. The summed E-state index contributed by atoms with van der Waals surface area (Å²) in [5, 5.41) is 0. The highest BCUT2D eigenvalue weighted by Crippen LogP contribution is 2.23. The Hall–Kier alpha value is -0.990. The van der Waals surface area contributed by atoms with E-state index in [1.54, 1.807) is 28.1 Å². The summed E-state index contributed by atoms with van der Waals surface area (Å²) >= 11 is 0. The SMILES string of the molecule is C=CC(=O)OC(CC)(OCCOC)OC(C)OCCOC. The van der Waals surface area contributed by atoms with Crippen molar-refractivity contribution in [1.82, 2.24) is 0 Å². The number of hydrogen-bond donors (Lipinski definition) is 0. The number of methoxy groups -OCH3 is 2. The summed E-state index contributed by atoms with van der Waals surface area (Å²) in [6.45, 7) is 8.15. The highest BCUT2D eigenvalue weighted by molar-refractivity contribution is 5.81. The van der Waals surface area contributed by atoms with Crippen molar-refractivity contribution in [3.63, 3.8) is 0 Å². The Morgan fingerprint density at radius 2 is 1.81 bits per heavy atom. The molecule has 2 atom stereocenters. The lowest BCUT2D eigenvalue weighted by Gasteiger charge is -2.33. The van der Waals surface area contributed by atoms with Crippen molar-refractivity contribution in [1.29, 1.82) is 0 Å². The summed E-state index contributed by atoms with van der Waals surface area (Å²) in [6.07, 6.45) is 0.693. The van der Waals surface area contributed by atoms with E-state index in [-0.39, 0.29) is 13.0 Å². The van der Waals surface area contributed by atoms with Crippen LogP contribution in [0.15, 0.2) is 12.7 Å². The minimum absolute atomic E-state index is 0.208. The van der Waals surface area contributed by atoms with Gasteiger partial charge in [-0.15, -0.1) is 0 Å². The van der Waals surface area contributed by atoms with Crippen LogP contribution >= 0.6 is 0 Å². The molecule has 7 nitrogen and oxygen atoms in total. The van der Waals surface area contributed by atoms with Crippen LogP contribution in [0.5, 0.6) is 0 Å². The third-order valence-corrected chi connectivity index (χ3v) is 2.45. The Morgan fingerprint density at radius 1 is 1.19 bits per heavy atom. The molecule has 0 aromatic carbocycles. The zero-order chi connectivity index (χ0) is 16.1. The van der Waals surface area contributed by atoms with Crippen molar-refractivity contribution in [3.05, 3.63) is 12.7 Å². The lowest BCUT2D eigenvalue weighted by Crippen LogP contribution is -2.44. The van der Waals surface area contributed by atoms with Gasteiger partial charge in [0.05, 0.1) is 26.4 Å². The molecule has 7 heteroatoms. The molecule has 0 aliphatic heterocycles. The maximum Gasteiger partial charge on any atom is 0.334 e. The molecule has 0 N–H and O–H groups in total. The van der Waals surface area contributed by atoms with Crippen LogP contribution < -0.4 is 0 Å². The van der Waals surface area contributed by atoms with Crippen molar-refractivity contribution < 1.29 is 33.2 Å². The molecule has 0 fully saturated rings. The quantitative estimate of drug-likeness (QED) is 0.221. The molecule has 0 aliphatic carbocycles. The Bertz CT molecular complexity index is 295. The minimum Gasteiger partial charge on any atom is -0.404 e. The van der Waals surface area contributed by atoms with Gasteiger partial charge in [0.25, 0.3) is 0 Å². The fraction of sp³-hybridized carbons (Fsp3) is 0.786. The second-order valence-corrected chi connectivity index (χ2v) is 4.05. The van der Waals surface area contributed by atoms with Gasteiger partial charge >= 0.3 is 11.9 Å². The predicted molar refractivity (Wildman–Crippen MR) is 75.5 cm³/mol. The zero-order valence-electron chi connectivity index (χ0n) is 13.3. The van der Waals surface area contributed by atoms with Gasteiger partial charge in [-0.2, -0.15) is 0 Å². The average molecular weight is 306 g/mol. The summed E-state index contributed by atoms with van der Waals surface area (Å²) in [5.41, 5.74) is 0. The van der Waals surface area contributed by atoms with Gasteiger partial charge in [0.2, 0.25) is 0 Å². The third-order valence-electron chi connectivity index (χ3n) is 2.45. The molecule has 0 bridgehead atoms. The fourth-order valence-electron chi connectivity index (χ4n) is 1.40. The molecule has 0 aromatic rings. The van der Waals surface area contributed by atoms with E-state index in [0.29, 0.717) is 19.8 Å². The van der Waals surface area contributed by atoms with Crippen molar-refractivity contribution in [2.24, 2.45) is 0 Å². The summed E-state index contributed by atoms with van der Waals surface area (Å²) in [7, 11) is 3.12. The standard InChI is InChI=1S/C14H26O7/c1-6-13(15)21-14(7-2,19-11-9-17-5)20-12(3)18-10-8-16-4/h6,12H,1,7-11H2,2-5H3. The number of esters is 1. The first-order chi connectivity index (χ1) is 10.0. The van der Waals surface area contributed by atoms with E-state index in [9.17, 15) is 4.79 Å². The van der Waals surface area contributed by atoms with Crippen molar-refractivity contribution in [3.8, 4) is 0 Å².